The summed E-state index contributed by atoms with van der Waals surface area (Å²) in [6.07, 6.45) is 0. The van der Waals surface area contributed by atoms with Crippen LogP contribution in [0.4, 0.5) is 10.1 Å². The van der Waals surface area contributed by atoms with E-state index in [1.165, 1.54) is 24.3 Å². The molecular weight excluding hydrogens is 285 g/mol. The highest BCUT2D eigenvalue weighted by molar-refractivity contribution is 6.31. The van der Waals surface area contributed by atoms with Crippen LogP contribution in [-0.4, -0.2) is 17.0 Å². The van der Waals surface area contributed by atoms with Gasteiger partial charge in [0.05, 0.1) is 16.3 Å². The predicted octanol–water partition coefficient (Wildman–Crippen LogP) is 3.43. The molecule has 0 aliphatic carbocycles. The third kappa shape index (κ3) is 2.95. The van der Waals surface area contributed by atoms with Crippen molar-refractivity contribution in [2.24, 2.45) is 0 Å². The molecule has 0 saturated carbocycles. The summed E-state index contributed by atoms with van der Waals surface area (Å²) in [5, 5.41) is 11.3. The highest BCUT2D eigenvalue weighted by atomic mass is 35.5. The first-order chi connectivity index (χ1) is 9.49. The van der Waals surface area contributed by atoms with E-state index in [9.17, 15) is 14.0 Å². The molecule has 0 aromatic heterocycles. The van der Waals surface area contributed by atoms with Crippen molar-refractivity contribution in [2.75, 3.05) is 5.32 Å². The monoisotopic (exact) mass is 293 g/mol. The number of amides is 1. The number of nitrogens with one attached hydrogen (secondary N) is 1. The Labute approximate surface area is 118 Å². The average Bonchev–Trinajstić information content (AvgIpc) is 2.42. The normalized spacial score (nSPS) is 10.1. The molecule has 2 rings (SSSR count). The molecule has 0 saturated heterocycles. The van der Waals surface area contributed by atoms with Crippen molar-refractivity contribution in [3.05, 3.63) is 64.4 Å². The van der Waals surface area contributed by atoms with Crippen molar-refractivity contribution in [2.45, 2.75) is 0 Å². The minimum atomic E-state index is -1.15. The molecule has 4 nitrogen and oxygen atoms in total. The minimum Gasteiger partial charge on any atom is -0.478 e. The number of carbonyl (C=O) groups is 2. The van der Waals surface area contributed by atoms with Crippen LogP contribution >= 0.6 is 11.6 Å². The summed E-state index contributed by atoms with van der Waals surface area (Å²) in [7, 11) is 0. The van der Waals surface area contributed by atoms with E-state index in [0.29, 0.717) is 0 Å². The third-order valence-electron chi connectivity index (χ3n) is 2.59. The number of benzene rings is 2. The first-order valence-electron chi connectivity index (χ1n) is 5.58. The molecule has 0 radical (unpaired) electrons. The van der Waals surface area contributed by atoms with Crippen molar-refractivity contribution in [1.29, 1.82) is 0 Å². The highest BCUT2D eigenvalue weighted by Crippen LogP contribution is 2.19. The predicted molar refractivity (Wildman–Crippen MR) is 72.8 cm³/mol. The summed E-state index contributed by atoms with van der Waals surface area (Å²) in [4.78, 5) is 23.0. The maximum atomic E-state index is 13.0. The van der Waals surface area contributed by atoms with Gasteiger partial charge in [-0.1, -0.05) is 23.7 Å². The number of halogens is 2. The maximum absolute atomic E-state index is 13.0. The number of carboxylic acid groups (broad SMARTS) is 1. The van der Waals surface area contributed by atoms with Gasteiger partial charge in [-0.2, -0.15) is 0 Å². The molecule has 2 N–H and O–H groups in total. The average molecular weight is 294 g/mol. The Morgan fingerprint density at radius 1 is 1.15 bits per heavy atom. The maximum Gasteiger partial charge on any atom is 0.337 e. The van der Waals surface area contributed by atoms with Gasteiger partial charge in [0, 0.05) is 5.56 Å². The number of carbonyl (C=O) groups excluding carboxylic acids is 1. The molecule has 0 atom stereocenters. The Morgan fingerprint density at radius 2 is 1.85 bits per heavy atom. The van der Waals surface area contributed by atoms with Crippen molar-refractivity contribution in [3.8, 4) is 0 Å². The van der Waals surface area contributed by atoms with Gasteiger partial charge in [0.15, 0.2) is 0 Å². The molecule has 0 bridgehead atoms. The summed E-state index contributed by atoms with van der Waals surface area (Å²) in [5.74, 6) is -2.35. The van der Waals surface area contributed by atoms with E-state index in [2.05, 4.69) is 5.32 Å². The van der Waals surface area contributed by atoms with Crippen LogP contribution in [0.3, 0.4) is 0 Å². The number of hydrogen-bond acceptors (Lipinski definition) is 2. The van der Waals surface area contributed by atoms with Gasteiger partial charge in [-0.3, -0.25) is 4.79 Å². The van der Waals surface area contributed by atoms with Gasteiger partial charge in [-0.15, -0.1) is 0 Å². The fourth-order valence-electron chi connectivity index (χ4n) is 1.61. The van der Waals surface area contributed by atoms with Crippen LogP contribution in [0, 0.1) is 5.82 Å². The lowest BCUT2D eigenvalue weighted by Gasteiger charge is -2.08. The first kappa shape index (κ1) is 14.0. The Kier molecular flexibility index (Phi) is 4.00. The lowest BCUT2D eigenvalue weighted by Crippen LogP contribution is -2.14. The van der Waals surface area contributed by atoms with Gasteiger partial charge in [-0.05, 0) is 30.3 Å². The van der Waals surface area contributed by atoms with E-state index in [4.69, 9.17) is 16.7 Å². The number of carboxylic acids is 1. The molecule has 0 unspecified atom stereocenters. The minimum absolute atomic E-state index is 0.0333. The SMILES string of the molecule is O=C(Nc1ccccc1C(=O)O)c1ccc(F)c(Cl)c1. The van der Waals surface area contributed by atoms with E-state index in [-0.39, 0.29) is 21.8 Å². The van der Waals surface area contributed by atoms with Gasteiger partial charge in [0.25, 0.3) is 5.91 Å². The van der Waals surface area contributed by atoms with Crippen molar-refractivity contribution < 1.29 is 19.1 Å². The molecule has 2 aromatic carbocycles. The van der Waals surface area contributed by atoms with Crippen LogP contribution in [0.25, 0.3) is 0 Å². The molecule has 0 aliphatic heterocycles. The van der Waals surface area contributed by atoms with Gasteiger partial charge < -0.3 is 10.4 Å². The lowest BCUT2D eigenvalue weighted by atomic mass is 10.1. The third-order valence-corrected chi connectivity index (χ3v) is 2.88. The number of rotatable bonds is 3. The zero-order valence-corrected chi connectivity index (χ0v) is 10.8. The Hall–Kier alpha value is -2.40. The van der Waals surface area contributed by atoms with Crippen LogP contribution in [0.2, 0.25) is 5.02 Å². The molecule has 1 amide bonds. The Morgan fingerprint density at radius 3 is 2.50 bits per heavy atom. The van der Waals surface area contributed by atoms with E-state index in [0.717, 1.165) is 6.07 Å². The molecule has 0 fully saturated rings. The lowest BCUT2D eigenvalue weighted by molar-refractivity contribution is 0.0698. The molecule has 102 valence electrons. The smallest absolute Gasteiger partial charge is 0.337 e. The molecule has 0 spiro atoms. The van der Waals surface area contributed by atoms with Crippen molar-refractivity contribution in [1.82, 2.24) is 0 Å². The molecule has 0 heterocycles. The van der Waals surface area contributed by atoms with E-state index < -0.39 is 17.7 Å². The number of para-hydroxylation sites is 1. The standard InChI is InChI=1S/C14H9ClFNO3/c15-10-7-8(5-6-11(10)16)13(18)17-12-4-2-1-3-9(12)14(19)20/h1-7H,(H,17,18)(H,19,20). The number of anilines is 1. The van der Waals surface area contributed by atoms with Crippen molar-refractivity contribution in [3.63, 3.8) is 0 Å². The van der Waals surface area contributed by atoms with Gasteiger partial charge in [0.1, 0.15) is 5.82 Å². The Balaban J connectivity index is 2.28. The zero-order chi connectivity index (χ0) is 14.7. The van der Waals surface area contributed by atoms with Crippen LogP contribution in [0.15, 0.2) is 42.5 Å². The summed E-state index contributed by atoms with van der Waals surface area (Å²) in [5.41, 5.74) is 0.260. The van der Waals surface area contributed by atoms with Gasteiger partial charge in [-0.25, -0.2) is 9.18 Å². The van der Waals surface area contributed by atoms with Crippen LogP contribution in [-0.2, 0) is 0 Å². The summed E-state index contributed by atoms with van der Waals surface area (Å²) >= 11 is 5.59. The molecule has 20 heavy (non-hydrogen) atoms. The molecular formula is C14H9ClFNO3. The van der Waals surface area contributed by atoms with E-state index in [1.54, 1.807) is 12.1 Å². The quantitative estimate of drug-likeness (QED) is 0.911. The molecule has 0 aliphatic rings. The van der Waals surface area contributed by atoms with E-state index in [1.807, 2.05) is 0 Å². The second-order valence-electron chi connectivity index (χ2n) is 3.93. The van der Waals surface area contributed by atoms with Crippen LogP contribution in [0.1, 0.15) is 20.7 Å². The number of hydrogen-bond donors (Lipinski definition) is 2. The van der Waals surface area contributed by atoms with Crippen LogP contribution < -0.4 is 5.32 Å². The van der Waals surface area contributed by atoms with Crippen molar-refractivity contribution >= 4 is 29.2 Å². The summed E-state index contributed by atoms with van der Waals surface area (Å²) in [6, 6.07) is 9.49. The molecule has 6 heteroatoms. The zero-order valence-electron chi connectivity index (χ0n) is 10.1. The summed E-state index contributed by atoms with van der Waals surface area (Å²) < 4.78 is 13.0. The van der Waals surface area contributed by atoms with Gasteiger partial charge >= 0.3 is 5.97 Å². The molecule has 2 aromatic rings. The Bertz CT molecular complexity index is 688. The van der Waals surface area contributed by atoms with Gasteiger partial charge in [0.2, 0.25) is 0 Å². The number of aromatic carboxylic acids is 1. The largest absolute Gasteiger partial charge is 0.478 e. The second kappa shape index (κ2) is 5.71. The highest BCUT2D eigenvalue weighted by Gasteiger charge is 2.13. The topological polar surface area (TPSA) is 66.4 Å². The first-order valence-corrected chi connectivity index (χ1v) is 5.95. The van der Waals surface area contributed by atoms with Crippen LogP contribution in [0.5, 0.6) is 0 Å². The fraction of sp³-hybridized carbons (Fsp3) is 0. The summed E-state index contributed by atoms with van der Waals surface area (Å²) in [6.45, 7) is 0. The second-order valence-corrected chi connectivity index (χ2v) is 4.34. The fourth-order valence-corrected chi connectivity index (χ4v) is 1.79. The van der Waals surface area contributed by atoms with E-state index >= 15 is 0 Å².